The first-order chi connectivity index (χ1) is 13.8. The molecule has 4 rings (SSSR count). The Bertz CT molecular complexity index is 920. The van der Waals surface area contributed by atoms with Gasteiger partial charge in [0.1, 0.15) is 0 Å². The van der Waals surface area contributed by atoms with Gasteiger partial charge in [0, 0.05) is 30.7 Å². The highest BCUT2D eigenvalue weighted by atomic mass is 16.1. The molecule has 1 saturated heterocycles. The van der Waals surface area contributed by atoms with Gasteiger partial charge in [0.15, 0.2) is 0 Å². The number of hydrogen-bond acceptors (Lipinski definition) is 3. The highest BCUT2D eigenvalue weighted by Gasteiger charge is 2.23. The van der Waals surface area contributed by atoms with E-state index in [-0.39, 0.29) is 5.91 Å². The Labute approximate surface area is 166 Å². The van der Waals surface area contributed by atoms with E-state index in [9.17, 15) is 4.79 Å². The van der Waals surface area contributed by atoms with Gasteiger partial charge in [-0.3, -0.25) is 14.7 Å². The molecule has 144 valence electrons. The monoisotopic (exact) mass is 373 g/mol. The Morgan fingerprint density at radius 2 is 1.89 bits per heavy atom. The van der Waals surface area contributed by atoms with Crippen LogP contribution < -0.4 is 5.32 Å². The Morgan fingerprint density at radius 3 is 2.79 bits per heavy atom. The summed E-state index contributed by atoms with van der Waals surface area (Å²) in [5.74, 6) is 0.0726. The van der Waals surface area contributed by atoms with Crippen molar-refractivity contribution in [2.45, 2.75) is 38.3 Å². The predicted molar refractivity (Wildman–Crippen MR) is 113 cm³/mol. The summed E-state index contributed by atoms with van der Waals surface area (Å²) >= 11 is 0. The minimum absolute atomic E-state index is 0.0726. The number of amides is 1. The van der Waals surface area contributed by atoms with Gasteiger partial charge in [0.25, 0.3) is 0 Å². The molecule has 1 aliphatic heterocycles. The van der Waals surface area contributed by atoms with Crippen molar-refractivity contribution in [3.63, 3.8) is 0 Å². The summed E-state index contributed by atoms with van der Waals surface area (Å²) in [5, 5.41) is 4.25. The number of pyridine rings is 1. The summed E-state index contributed by atoms with van der Waals surface area (Å²) in [6, 6.07) is 21.0. The summed E-state index contributed by atoms with van der Waals surface area (Å²) in [4.78, 5) is 19.6. The number of hydrogen-bond donors (Lipinski definition) is 1. The van der Waals surface area contributed by atoms with Crippen molar-refractivity contribution >= 4 is 16.8 Å². The Balaban J connectivity index is 1.36. The first-order valence-electron chi connectivity index (χ1n) is 10.2. The molecule has 4 nitrogen and oxygen atoms in total. The van der Waals surface area contributed by atoms with E-state index in [2.05, 4.69) is 45.5 Å². The van der Waals surface area contributed by atoms with Crippen LogP contribution in [-0.4, -0.2) is 34.9 Å². The van der Waals surface area contributed by atoms with Gasteiger partial charge in [0.05, 0.1) is 11.9 Å². The highest BCUT2D eigenvalue weighted by molar-refractivity contribution is 5.87. The molecule has 2 heterocycles. The van der Waals surface area contributed by atoms with Crippen LogP contribution >= 0.6 is 0 Å². The third-order valence-electron chi connectivity index (χ3n) is 5.58. The molecule has 0 unspecified atom stereocenters. The van der Waals surface area contributed by atoms with Gasteiger partial charge in [-0.25, -0.2) is 0 Å². The second-order valence-electron chi connectivity index (χ2n) is 7.58. The molecule has 0 aliphatic carbocycles. The Kier molecular flexibility index (Phi) is 5.98. The van der Waals surface area contributed by atoms with E-state index in [4.69, 9.17) is 0 Å². The van der Waals surface area contributed by atoms with Crippen LogP contribution in [0.4, 0.5) is 0 Å². The molecule has 4 heteroatoms. The third-order valence-corrected chi connectivity index (χ3v) is 5.58. The van der Waals surface area contributed by atoms with Crippen LogP contribution in [0.25, 0.3) is 10.9 Å². The van der Waals surface area contributed by atoms with E-state index in [1.165, 1.54) is 18.4 Å². The van der Waals surface area contributed by atoms with Crippen molar-refractivity contribution < 1.29 is 4.79 Å². The minimum atomic E-state index is 0.0726. The minimum Gasteiger partial charge on any atom is -0.354 e. The summed E-state index contributed by atoms with van der Waals surface area (Å²) in [6.07, 6.45) is 5.77. The molecule has 1 aliphatic rings. The van der Waals surface area contributed by atoms with Crippen molar-refractivity contribution in [3.05, 3.63) is 78.0 Å². The second-order valence-corrected chi connectivity index (χ2v) is 7.58. The van der Waals surface area contributed by atoms with E-state index in [1.54, 1.807) is 6.20 Å². The van der Waals surface area contributed by atoms with Gasteiger partial charge in [-0.1, -0.05) is 61.0 Å². The fourth-order valence-electron chi connectivity index (χ4n) is 4.09. The van der Waals surface area contributed by atoms with Crippen LogP contribution in [-0.2, 0) is 17.8 Å². The highest BCUT2D eigenvalue weighted by Crippen LogP contribution is 2.20. The standard InChI is InChI=1S/C24H27N3O/c28-23(16-21-11-6-10-20-12-7-14-25-24(20)21)26-17-22-13-4-5-15-27(22)18-19-8-2-1-3-9-19/h1-3,6-12,14,22H,4-5,13,15-18H2,(H,26,28)/t22-/m1/s1. The number of benzene rings is 2. The molecule has 1 atom stereocenters. The van der Waals surface area contributed by atoms with Crippen LogP contribution in [0.3, 0.4) is 0 Å². The van der Waals surface area contributed by atoms with E-state index in [0.29, 0.717) is 19.0 Å². The second kappa shape index (κ2) is 8.98. The quantitative estimate of drug-likeness (QED) is 0.712. The maximum Gasteiger partial charge on any atom is 0.224 e. The molecule has 0 bridgehead atoms. The molecule has 2 aromatic carbocycles. The lowest BCUT2D eigenvalue weighted by Crippen LogP contribution is -2.46. The number of rotatable bonds is 6. The maximum absolute atomic E-state index is 12.6. The number of aromatic nitrogens is 1. The van der Waals surface area contributed by atoms with Gasteiger partial charge in [0.2, 0.25) is 5.91 Å². The van der Waals surface area contributed by atoms with Crippen molar-refractivity contribution in [1.82, 2.24) is 15.2 Å². The number of nitrogens with one attached hydrogen (secondary N) is 1. The van der Waals surface area contributed by atoms with Gasteiger partial charge in [-0.2, -0.15) is 0 Å². The van der Waals surface area contributed by atoms with E-state index in [1.807, 2.05) is 30.3 Å². The molecule has 0 radical (unpaired) electrons. The van der Waals surface area contributed by atoms with E-state index < -0.39 is 0 Å². The zero-order valence-electron chi connectivity index (χ0n) is 16.2. The first-order valence-corrected chi connectivity index (χ1v) is 10.2. The zero-order valence-corrected chi connectivity index (χ0v) is 16.2. The first kappa shape index (κ1) is 18.6. The molecular weight excluding hydrogens is 346 g/mol. The number of carbonyl (C=O) groups excluding carboxylic acids is 1. The van der Waals surface area contributed by atoms with E-state index >= 15 is 0 Å². The lowest BCUT2D eigenvalue weighted by atomic mass is 10.0. The smallest absolute Gasteiger partial charge is 0.224 e. The molecule has 1 fully saturated rings. The molecular formula is C24H27N3O. The normalized spacial score (nSPS) is 17.5. The van der Waals surface area contributed by atoms with Crippen LogP contribution in [0.15, 0.2) is 66.9 Å². The van der Waals surface area contributed by atoms with Crippen molar-refractivity contribution in [2.75, 3.05) is 13.1 Å². The van der Waals surface area contributed by atoms with Crippen LogP contribution in [0.5, 0.6) is 0 Å². The number of fused-ring (bicyclic) bond motifs is 1. The van der Waals surface area contributed by atoms with Gasteiger partial charge in [-0.05, 0) is 36.6 Å². The molecule has 1 aromatic heterocycles. The number of piperidine rings is 1. The lowest BCUT2D eigenvalue weighted by Gasteiger charge is -2.36. The largest absolute Gasteiger partial charge is 0.354 e. The molecule has 28 heavy (non-hydrogen) atoms. The van der Waals surface area contributed by atoms with Gasteiger partial charge < -0.3 is 5.32 Å². The third kappa shape index (κ3) is 4.57. The summed E-state index contributed by atoms with van der Waals surface area (Å²) in [7, 11) is 0. The average molecular weight is 374 g/mol. The van der Waals surface area contributed by atoms with Gasteiger partial charge in [-0.15, -0.1) is 0 Å². The zero-order chi connectivity index (χ0) is 19.2. The average Bonchev–Trinajstić information content (AvgIpc) is 2.74. The number of para-hydroxylation sites is 1. The fourth-order valence-corrected chi connectivity index (χ4v) is 4.09. The lowest BCUT2D eigenvalue weighted by molar-refractivity contribution is -0.120. The van der Waals surface area contributed by atoms with E-state index in [0.717, 1.165) is 36.0 Å². The number of likely N-dealkylation sites (tertiary alicyclic amines) is 1. The summed E-state index contributed by atoms with van der Waals surface area (Å²) < 4.78 is 0. The van der Waals surface area contributed by atoms with Crippen LogP contribution in [0.2, 0.25) is 0 Å². The number of carbonyl (C=O) groups is 1. The molecule has 0 spiro atoms. The molecule has 1 amide bonds. The molecule has 3 aromatic rings. The molecule has 1 N–H and O–H groups in total. The predicted octanol–water partition coefficient (Wildman–Crippen LogP) is 3.95. The van der Waals surface area contributed by atoms with Gasteiger partial charge >= 0.3 is 0 Å². The topological polar surface area (TPSA) is 45.2 Å². The Hall–Kier alpha value is -2.72. The van der Waals surface area contributed by atoms with Crippen molar-refractivity contribution in [1.29, 1.82) is 0 Å². The summed E-state index contributed by atoms with van der Waals surface area (Å²) in [5.41, 5.74) is 3.24. The maximum atomic E-state index is 12.6. The fraction of sp³-hybridized carbons (Fsp3) is 0.333. The molecule has 0 saturated carbocycles. The Morgan fingerprint density at radius 1 is 1.04 bits per heavy atom. The van der Waals surface area contributed by atoms with Crippen LogP contribution in [0, 0.1) is 0 Å². The SMILES string of the molecule is O=C(Cc1cccc2cccnc12)NC[C@H]1CCCCN1Cc1ccccc1. The summed E-state index contributed by atoms with van der Waals surface area (Å²) in [6.45, 7) is 2.77. The number of nitrogens with zero attached hydrogens (tertiary/aromatic N) is 2. The van der Waals surface area contributed by atoms with Crippen molar-refractivity contribution in [2.24, 2.45) is 0 Å². The van der Waals surface area contributed by atoms with Crippen LogP contribution in [0.1, 0.15) is 30.4 Å². The van der Waals surface area contributed by atoms with Crippen molar-refractivity contribution in [3.8, 4) is 0 Å².